The molecule has 18 heavy (non-hydrogen) atoms. The second-order valence-electron chi connectivity index (χ2n) is 4.02. The van der Waals surface area contributed by atoms with Crippen LogP contribution in [0.15, 0.2) is 18.2 Å². The summed E-state index contributed by atoms with van der Waals surface area (Å²) in [4.78, 5) is 13.5. The Morgan fingerprint density at radius 2 is 2.28 bits per heavy atom. The van der Waals surface area contributed by atoms with Crippen LogP contribution in [0.2, 0.25) is 0 Å². The van der Waals surface area contributed by atoms with Crippen molar-refractivity contribution < 1.29 is 18.3 Å². The summed E-state index contributed by atoms with van der Waals surface area (Å²) in [5.74, 6) is -1.64. The number of nitrogens with zero attached hydrogens (tertiary/aromatic N) is 1. The summed E-state index contributed by atoms with van der Waals surface area (Å²) < 4.78 is 31.8. The molecule has 2 rings (SSSR count). The average Bonchev–Trinajstić information content (AvgIpc) is 2.41. The molecule has 1 unspecified atom stereocenters. The summed E-state index contributed by atoms with van der Waals surface area (Å²) in [6.45, 7) is 0.987. The molecule has 0 bridgehead atoms. The van der Waals surface area contributed by atoms with Crippen LogP contribution in [-0.2, 0) is 4.74 Å². The van der Waals surface area contributed by atoms with E-state index in [0.717, 1.165) is 18.2 Å². The predicted octanol–water partition coefficient (Wildman–Crippen LogP) is 2.04. The molecule has 0 N–H and O–H groups in total. The molecule has 1 amide bonds. The quantitative estimate of drug-likeness (QED) is 0.773. The Morgan fingerprint density at radius 3 is 3.00 bits per heavy atom. The number of rotatable bonds is 2. The topological polar surface area (TPSA) is 29.5 Å². The van der Waals surface area contributed by atoms with Crippen molar-refractivity contribution in [3.05, 3.63) is 35.4 Å². The molecule has 1 aliphatic rings. The zero-order valence-corrected chi connectivity index (χ0v) is 10.3. The maximum atomic E-state index is 13.5. The predicted molar refractivity (Wildman–Crippen MR) is 62.7 cm³/mol. The van der Waals surface area contributed by atoms with Crippen LogP contribution in [0.5, 0.6) is 0 Å². The molecule has 0 aliphatic carbocycles. The van der Waals surface area contributed by atoms with Gasteiger partial charge >= 0.3 is 0 Å². The third-order valence-electron chi connectivity index (χ3n) is 2.76. The van der Waals surface area contributed by atoms with Gasteiger partial charge in [0, 0.05) is 13.1 Å². The molecular formula is C12H12ClF2NO2. The van der Waals surface area contributed by atoms with Gasteiger partial charge in [0.25, 0.3) is 5.91 Å². The van der Waals surface area contributed by atoms with Gasteiger partial charge in [-0.25, -0.2) is 8.78 Å². The van der Waals surface area contributed by atoms with Gasteiger partial charge in [-0.15, -0.1) is 11.6 Å². The third-order valence-corrected chi connectivity index (χ3v) is 3.10. The van der Waals surface area contributed by atoms with Crippen molar-refractivity contribution in [1.82, 2.24) is 4.90 Å². The molecule has 0 radical (unpaired) electrons. The number of benzene rings is 1. The van der Waals surface area contributed by atoms with Crippen LogP contribution in [0.1, 0.15) is 10.4 Å². The SMILES string of the molecule is O=C(c1cc(F)ccc1F)N1CCOC(CCl)C1. The summed E-state index contributed by atoms with van der Waals surface area (Å²) in [7, 11) is 0. The van der Waals surface area contributed by atoms with Gasteiger partial charge in [-0.1, -0.05) is 0 Å². The van der Waals surface area contributed by atoms with E-state index in [0.29, 0.717) is 13.2 Å². The monoisotopic (exact) mass is 275 g/mol. The van der Waals surface area contributed by atoms with Gasteiger partial charge in [0.15, 0.2) is 0 Å². The number of hydrogen-bond donors (Lipinski definition) is 0. The smallest absolute Gasteiger partial charge is 0.257 e. The number of alkyl halides is 1. The summed E-state index contributed by atoms with van der Waals surface area (Å²) >= 11 is 5.66. The highest BCUT2D eigenvalue weighted by atomic mass is 35.5. The molecule has 0 spiro atoms. The molecule has 1 aromatic rings. The lowest BCUT2D eigenvalue weighted by Crippen LogP contribution is -2.46. The molecule has 1 fully saturated rings. The fourth-order valence-corrected chi connectivity index (χ4v) is 2.02. The molecule has 98 valence electrons. The van der Waals surface area contributed by atoms with Crippen molar-refractivity contribution in [2.24, 2.45) is 0 Å². The van der Waals surface area contributed by atoms with E-state index in [1.807, 2.05) is 0 Å². The van der Waals surface area contributed by atoms with Gasteiger partial charge in [-0.05, 0) is 18.2 Å². The van der Waals surface area contributed by atoms with Crippen LogP contribution >= 0.6 is 11.6 Å². The summed E-state index contributed by atoms with van der Waals surface area (Å²) in [6.07, 6.45) is -0.263. The number of halogens is 3. The lowest BCUT2D eigenvalue weighted by atomic mass is 10.1. The van der Waals surface area contributed by atoms with Gasteiger partial charge in [0.2, 0.25) is 0 Å². The van der Waals surface area contributed by atoms with Crippen molar-refractivity contribution in [2.75, 3.05) is 25.6 Å². The highest BCUT2D eigenvalue weighted by molar-refractivity contribution is 6.18. The van der Waals surface area contributed by atoms with Crippen molar-refractivity contribution in [2.45, 2.75) is 6.10 Å². The zero-order valence-electron chi connectivity index (χ0n) is 9.54. The first kappa shape index (κ1) is 13.2. The van der Waals surface area contributed by atoms with Crippen LogP contribution in [0.4, 0.5) is 8.78 Å². The zero-order chi connectivity index (χ0) is 13.1. The maximum Gasteiger partial charge on any atom is 0.257 e. The summed E-state index contributed by atoms with van der Waals surface area (Å²) in [5.41, 5.74) is -0.259. The Kier molecular flexibility index (Phi) is 4.14. The van der Waals surface area contributed by atoms with E-state index >= 15 is 0 Å². The number of hydrogen-bond acceptors (Lipinski definition) is 2. The lowest BCUT2D eigenvalue weighted by molar-refractivity contribution is -0.0109. The van der Waals surface area contributed by atoms with Crippen molar-refractivity contribution in [3.8, 4) is 0 Å². The minimum absolute atomic E-state index is 0.259. The first-order valence-electron chi connectivity index (χ1n) is 5.53. The maximum absolute atomic E-state index is 13.5. The molecule has 1 aromatic carbocycles. The molecule has 1 heterocycles. The second kappa shape index (κ2) is 5.63. The van der Waals surface area contributed by atoms with E-state index in [-0.39, 0.29) is 24.1 Å². The fraction of sp³-hybridized carbons (Fsp3) is 0.417. The van der Waals surface area contributed by atoms with E-state index in [2.05, 4.69) is 0 Å². The number of carbonyl (C=O) groups is 1. The minimum atomic E-state index is -0.727. The standard InChI is InChI=1S/C12H12ClF2NO2/c13-6-9-7-16(3-4-18-9)12(17)10-5-8(14)1-2-11(10)15/h1-2,5,9H,3-4,6-7H2. The number of carbonyl (C=O) groups excluding carboxylic acids is 1. The van der Waals surface area contributed by atoms with Crippen molar-refractivity contribution >= 4 is 17.5 Å². The summed E-state index contributed by atoms with van der Waals surface area (Å²) in [5, 5.41) is 0. The van der Waals surface area contributed by atoms with Gasteiger partial charge in [-0.2, -0.15) is 0 Å². The van der Waals surface area contributed by atoms with Crippen molar-refractivity contribution in [1.29, 1.82) is 0 Å². The molecule has 1 saturated heterocycles. The molecule has 1 atom stereocenters. The normalized spacial score (nSPS) is 19.9. The Balaban J connectivity index is 2.17. The molecule has 6 heteroatoms. The largest absolute Gasteiger partial charge is 0.373 e. The Labute approximate surface area is 108 Å². The number of ether oxygens (including phenoxy) is 1. The fourth-order valence-electron chi connectivity index (χ4n) is 1.83. The Bertz CT molecular complexity index is 456. The van der Waals surface area contributed by atoms with Gasteiger partial charge < -0.3 is 9.64 Å². The minimum Gasteiger partial charge on any atom is -0.373 e. The van der Waals surface area contributed by atoms with Gasteiger partial charge in [0.1, 0.15) is 11.6 Å². The van der Waals surface area contributed by atoms with E-state index in [4.69, 9.17) is 16.3 Å². The van der Waals surface area contributed by atoms with Crippen LogP contribution in [0, 0.1) is 11.6 Å². The van der Waals surface area contributed by atoms with E-state index < -0.39 is 17.5 Å². The van der Waals surface area contributed by atoms with Crippen molar-refractivity contribution in [3.63, 3.8) is 0 Å². The highest BCUT2D eigenvalue weighted by Crippen LogP contribution is 2.15. The van der Waals surface area contributed by atoms with Gasteiger partial charge in [-0.3, -0.25) is 4.79 Å². The molecule has 0 aromatic heterocycles. The van der Waals surface area contributed by atoms with Crippen LogP contribution in [-0.4, -0.2) is 42.5 Å². The first-order chi connectivity index (χ1) is 8.61. The van der Waals surface area contributed by atoms with E-state index in [1.165, 1.54) is 4.90 Å². The summed E-state index contributed by atoms with van der Waals surface area (Å²) in [6, 6.07) is 2.83. The molecule has 3 nitrogen and oxygen atoms in total. The third kappa shape index (κ3) is 2.79. The lowest BCUT2D eigenvalue weighted by Gasteiger charge is -2.32. The van der Waals surface area contributed by atoms with Crippen LogP contribution < -0.4 is 0 Å². The van der Waals surface area contributed by atoms with E-state index in [9.17, 15) is 13.6 Å². The average molecular weight is 276 g/mol. The molecule has 0 saturated carbocycles. The van der Waals surface area contributed by atoms with Gasteiger partial charge in [0.05, 0.1) is 24.2 Å². The van der Waals surface area contributed by atoms with Crippen LogP contribution in [0.25, 0.3) is 0 Å². The Morgan fingerprint density at radius 1 is 1.50 bits per heavy atom. The first-order valence-corrected chi connectivity index (χ1v) is 6.07. The van der Waals surface area contributed by atoms with E-state index in [1.54, 1.807) is 0 Å². The second-order valence-corrected chi connectivity index (χ2v) is 4.33. The number of amides is 1. The molecule has 1 aliphatic heterocycles. The highest BCUT2D eigenvalue weighted by Gasteiger charge is 2.26. The van der Waals surface area contributed by atoms with Crippen LogP contribution in [0.3, 0.4) is 0 Å². The number of morpholine rings is 1. The Hall–Kier alpha value is -1.20. The molecular weight excluding hydrogens is 264 g/mol.